The van der Waals surface area contributed by atoms with Crippen LogP contribution in [0, 0.1) is 0 Å². The Morgan fingerprint density at radius 3 is 1.88 bits per heavy atom. The summed E-state index contributed by atoms with van der Waals surface area (Å²) >= 11 is 0. The van der Waals surface area contributed by atoms with Crippen LogP contribution in [-0.2, 0) is 9.53 Å². The van der Waals surface area contributed by atoms with Crippen LogP contribution in [0.5, 0.6) is 23.0 Å². The van der Waals surface area contributed by atoms with Crippen LogP contribution in [0.25, 0.3) is 0 Å². The largest absolute Gasteiger partial charge is 0.507 e. The van der Waals surface area contributed by atoms with Crippen molar-refractivity contribution in [1.82, 2.24) is 0 Å². The molecule has 3 atom stereocenters. The molecular weight excluding hydrogens is 424 g/mol. The average molecular weight is 444 g/mol. The molecule has 0 saturated heterocycles. The maximum atomic E-state index is 13.2. The summed E-state index contributed by atoms with van der Waals surface area (Å²) in [5, 5.41) is 64.0. The molecule has 0 bridgehead atoms. The van der Waals surface area contributed by atoms with Crippen molar-refractivity contribution < 1.29 is 49.8 Å². The molecule has 0 spiro atoms. The molecule has 168 valence electrons. The van der Waals surface area contributed by atoms with Gasteiger partial charge in [-0.1, -0.05) is 6.92 Å². The number of hydrogen-bond donors (Lipinski definition) is 6. The number of esters is 1. The SMILES string of the molecule is CC[C@@]1(O)C[C@H](O)c2c(O)c3c(c(O)c2[C@H]1C(=O)OC)C(=O)c1c(O)ccc(O)c1C3=O. The van der Waals surface area contributed by atoms with E-state index in [1.165, 1.54) is 6.92 Å². The normalized spacial score (nSPS) is 23.9. The highest BCUT2D eigenvalue weighted by Crippen LogP contribution is 2.56. The number of ether oxygens (including phenoxy) is 1. The number of aliphatic hydroxyl groups excluding tert-OH is 1. The molecule has 0 fully saturated rings. The van der Waals surface area contributed by atoms with E-state index in [-0.39, 0.29) is 6.42 Å². The number of ketones is 2. The van der Waals surface area contributed by atoms with Gasteiger partial charge in [0.2, 0.25) is 11.6 Å². The molecular formula is C22H20O10. The number of aromatic hydroxyl groups is 4. The molecule has 0 heterocycles. The highest BCUT2D eigenvalue weighted by Gasteiger charge is 2.53. The number of carbonyl (C=O) groups excluding carboxylic acids is 3. The number of benzene rings is 2. The second kappa shape index (κ2) is 6.94. The molecule has 0 amide bonds. The quantitative estimate of drug-likeness (QED) is 0.247. The number of phenols is 4. The van der Waals surface area contributed by atoms with Crippen LogP contribution in [0.2, 0.25) is 0 Å². The fraction of sp³-hybridized carbons (Fsp3) is 0.318. The summed E-state index contributed by atoms with van der Waals surface area (Å²) in [5.41, 5.74) is -5.31. The van der Waals surface area contributed by atoms with E-state index < -0.39 is 98.0 Å². The molecule has 6 N–H and O–H groups in total. The third kappa shape index (κ3) is 2.56. The second-order valence-corrected chi connectivity index (χ2v) is 7.92. The maximum Gasteiger partial charge on any atom is 0.316 e. The predicted octanol–water partition coefficient (Wildman–Crippen LogP) is 1.12. The zero-order valence-corrected chi connectivity index (χ0v) is 17.0. The molecule has 32 heavy (non-hydrogen) atoms. The van der Waals surface area contributed by atoms with Gasteiger partial charge in [-0.25, -0.2) is 0 Å². The van der Waals surface area contributed by atoms with Gasteiger partial charge < -0.3 is 35.4 Å². The van der Waals surface area contributed by atoms with Gasteiger partial charge in [-0.15, -0.1) is 0 Å². The van der Waals surface area contributed by atoms with Crippen molar-refractivity contribution in [3.63, 3.8) is 0 Å². The van der Waals surface area contributed by atoms with Crippen molar-refractivity contribution in [3.05, 3.63) is 45.5 Å². The maximum absolute atomic E-state index is 13.2. The number of hydrogen-bond acceptors (Lipinski definition) is 10. The van der Waals surface area contributed by atoms with Gasteiger partial charge in [0, 0.05) is 17.5 Å². The van der Waals surface area contributed by atoms with Crippen molar-refractivity contribution in [2.24, 2.45) is 0 Å². The zero-order chi connectivity index (χ0) is 23.7. The lowest BCUT2D eigenvalue weighted by Gasteiger charge is -2.42. The molecule has 0 unspecified atom stereocenters. The number of phenolic OH excluding ortho intramolecular Hbond substituents is 4. The Labute approximate surface area is 180 Å². The predicted molar refractivity (Wildman–Crippen MR) is 106 cm³/mol. The Kier molecular flexibility index (Phi) is 4.68. The van der Waals surface area contributed by atoms with Crippen molar-refractivity contribution >= 4 is 17.5 Å². The molecule has 2 aromatic rings. The van der Waals surface area contributed by atoms with Gasteiger partial charge in [0.05, 0.1) is 41.1 Å². The fourth-order valence-electron chi connectivity index (χ4n) is 4.75. The van der Waals surface area contributed by atoms with Crippen molar-refractivity contribution in [2.75, 3.05) is 7.11 Å². The molecule has 4 rings (SSSR count). The van der Waals surface area contributed by atoms with Crippen LogP contribution in [0.3, 0.4) is 0 Å². The Bertz CT molecular complexity index is 1210. The van der Waals surface area contributed by atoms with Crippen LogP contribution in [0.15, 0.2) is 12.1 Å². The molecule has 2 aliphatic rings. The number of aliphatic hydroxyl groups is 2. The Morgan fingerprint density at radius 1 is 0.969 bits per heavy atom. The standard InChI is InChI=1S/C22H20O10/c1-3-22(31)6-9(25)12-13(16(22)21(30)32-2)20(29)15-14(19(12)28)17(26)10-7(23)4-5-8(24)11(10)18(15)27/h4-5,9,16,23-25,28-29,31H,3,6H2,1-2H3/t9-,16-,22+/m0/s1. The van der Waals surface area contributed by atoms with Gasteiger partial charge in [0.1, 0.15) is 28.9 Å². The minimum atomic E-state index is -1.89. The highest BCUT2D eigenvalue weighted by atomic mass is 16.5. The number of carbonyl (C=O) groups is 3. The smallest absolute Gasteiger partial charge is 0.316 e. The first-order valence-corrected chi connectivity index (χ1v) is 9.74. The van der Waals surface area contributed by atoms with E-state index >= 15 is 0 Å². The van der Waals surface area contributed by atoms with Gasteiger partial charge in [0.25, 0.3) is 0 Å². The van der Waals surface area contributed by atoms with Crippen LogP contribution in [0.1, 0.15) is 74.8 Å². The minimum absolute atomic E-state index is 0.0507. The Morgan fingerprint density at radius 2 is 1.44 bits per heavy atom. The average Bonchev–Trinajstić information content (AvgIpc) is 2.75. The summed E-state index contributed by atoms with van der Waals surface area (Å²) < 4.78 is 4.76. The van der Waals surface area contributed by atoms with E-state index in [0.29, 0.717) is 0 Å². The summed E-state index contributed by atoms with van der Waals surface area (Å²) in [6.45, 7) is 1.54. The molecule has 2 aliphatic carbocycles. The molecule has 10 nitrogen and oxygen atoms in total. The topological polar surface area (TPSA) is 182 Å². The van der Waals surface area contributed by atoms with Crippen LogP contribution >= 0.6 is 0 Å². The fourth-order valence-corrected chi connectivity index (χ4v) is 4.75. The summed E-state index contributed by atoms with van der Waals surface area (Å²) in [4.78, 5) is 38.9. The molecule has 10 heteroatoms. The summed E-state index contributed by atoms with van der Waals surface area (Å²) in [6.07, 6.45) is -2.08. The lowest BCUT2D eigenvalue weighted by atomic mass is 9.66. The summed E-state index contributed by atoms with van der Waals surface area (Å²) in [7, 11) is 1.05. The van der Waals surface area contributed by atoms with Crippen molar-refractivity contribution in [1.29, 1.82) is 0 Å². The number of fused-ring (bicyclic) bond motifs is 3. The zero-order valence-electron chi connectivity index (χ0n) is 17.0. The minimum Gasteiger partial charge on any atom is -0.507 e. The van der Waals surface area contributed by atoms with Crippen LogP contribution in [-0.4, -0.2) is 60.9 Å². The van der Waals surface area contributed by atoms with E-state index in [1.54, 1.807) is 0 Å². The second-order valence-electron chi connectivity index (χ2n) is 7.92. The number of methoxy groups -OCH3 is 1. The van der Waals surface area contributed by atoms with E-state index in [0.717, 1.165) is 19.2 Å². The third-order valence-corrected chi connectivity index (χ3v) is 6.35. The lowest BCUT2D eigenvalue weighted by molar-refractivity contribution is -0.153. The summed E-state index contributed by atoms with van der Waals surface area (Å²) in [6, 6.07) is 1.97. The van der Waals surface area contributed by atoms with Crippen molar-refractivity contribution in [3.8, 4) is 23.0 Å². The molecule has 2 aromatic carbocycles. The molecule has 0 radical (unpaired) electrons. The lowest BCUT2D eigenvalue weighted by Crippen LogP contribution is -2.46. The summed E-state index contributed by atoms with van der Waals surface area (Å²) in [5.74, 6) is -7.82. The van der Waals surface area contributed by atoms with Crippen molar-refractivity contribution in [2.45, 2.75) is 37.4 Å². The van der Waals surface area contributed by atoms with Gasteiger partial charge in [-0.05, 0) is 18.6 Å². The first kappa shape index (κ1) is 21.6. The molecule has 0 saturated carbocycles. The van der Waals surface area contributed by atoms with E-state index in [4.69, 9.17) is 4.74 Å². The van der Waals surface area contributed by atoms with E-state index in [2.05, 4.69) is 0 Å². The van der Waals surface area contributed by atoms with E-state index in [1.807, 2.05) is 0 Å². The number of rotatable bonds is 2. The third-order valence-electron chi connectivity index (χ3n) is 6.35. The van der Waals surface area contributed by atoms with Gasteiger partial charge in [0.15, 0.2) is 0 Å². The van der Waals surface area contributed by atoms with Crippen LogP contribution in [0.4, 0.5) is 0 Å². The highest BCUT2D eigenvalue weighted by molar-refractivity contribution is 6.32. The Hall–Kier alpha value is -3.63. The molecule has 0 aliphatic heterocycles. The molecule has 0 aromatic heterocycles. The van der Waals surface area contributed by atoms with E-state index in [9.17, 15) is 45.0 Å². The first-order valence-electron chi connectivity index (χ1n) is 9.74. The Balaban J connectivity index is 2.13. The van der Waals surface area contributed by atoms with Gasteiger partial charge in [-0.2, -0.15) is 0 Å². The van der Waals surface area contributed by atoms with Gasteiger partial charge in [-0.3, -0.25) is 14.4 Å². The van der Waals surface area contributed by atoms with Gasteiger partial charge >= 0.3 is 5.97 Å². The monoisotopic (exact) mass is 444 g/mol. The van der Waals surface area contributed by atoms with Crippen LogP contribution < -0.4 is 0 Å². The first-order chi connectivity index (χ1) is 15.0.